The lowest BCUT2D eigenvalue weighted by molar-refractivity contribution is -0.336. The van der Waals surface area contributed by atoms with E-state index in [0.29, 0.717) is 50.7 Å². The molecule has 318 valence electrons. The fourth-order valence-corrected chi connectivity index (χ4v) is 14.2. The van der Waals surface area contributed by atoms with Gasteiger partial charge < -0.3 is 54.7 Å². The number of aromatic hydroxyl groups is 2. The van der Waals surface area contributed by atoms with Crippen molar-refractivity contribution in [1.29, 1.82) is 0 Å². The topological polar surface area (TPSA) is 213 Å². The zero-order valence-electron chi connectivity index (χ0n) is 33.7. The summed E-state index contributed by atoms with van der Waals surface area (Å²) in [6, 6.07) is 2.27. The summed E-state index contributed by atoms with van der Waals surface area (Å²) in [5, 5.41) is 79.4. The highest BCUT2D eigenvalue weighted by molar-refractivity contribution is 6.11. The SMILES string of the molecule is CC(=O)c1c(C)c(O)c2cc(C(=O)O)cc(OC3OC4C(O)CCC5OC4(CC4C6=C5CC=C6C5(CCCO)COCC6CC7(CCCC7)CC4C65)C(O)C3O)c2c1O. The minimum absolute atomic E-state index is 0.0553. The van der Waals surface area contributed by atoms with E-state index < -0.39 is 65.7 Å². The Morgan fingerprint density at radius 1 is 1.02 bits per heavy atom. The molecule has 12 atom stereocenters. The standard InChI is InChI=1S/C46H56O13/c1-21-33(22(2)48)38(51)35-26(37(21)50)14-23(42(54)55)15-32(35)57-43-39(52)40(53)46-18-27-28-17-44(10-3-4-11-44)16-24-19-56-20-45(36(24)28,12-5-13-47)29-7-6-25(34(27)29)31(59-46)9-8-30(49)41(46)58-43/h7,14-15,24,27-28,30-31,36,39-41,43,47,49-53H,3-6,8-13,16-20H2,1-2H3,(H,54,55). The number of fused-ring (bicyclic) bond motifs is 5. The maximum atomic E-state index is 12.7. The number of carboxylic acid groups (broad SMARTS) is 1. The molecule has 0 amide bonds. The van der Waals surface area contributed by atoms with Gasteiger partial charge in [0.2, 0.25) is 6.29 Å². The van der Waals surface area contributed by atoms with Gasteiger partial charge in [0.05, 0.1) is 35.3 Å². The summed E-state index contributed by atoms with van der Waals surface area (Å²) < 4.78 is 26.6. The van der Waals surface area contributed by atoms with Gasteiger partial charge in [0.15, 0.2) is 5.78 Å². The lowest BCUT2D eigenvalue weighted by Crippen LogP contribution is -2.71. The number of ketones is 1. The van der Waals surface area contributed by atoms with E-state index >= 15 is 0 Å². The predicted octanol–water partition coefficient (Wildman–Crippen LogP) is 5.22. The number of ether oxygens (including phenoxy) is 4. The molecule has 12 unspecified atom stereocenters. The Hall–Kier alpha value is -3.56. The molecule has 0 radical (unpaired) electrons. The number of rotatable bonds is 7. The van der Waals surface area contributed by atoms with Crippen molar-refractivity contribution in [3.63, 3.8) is 0 Å². The molecule has 13 heteroatoms. The molecule has 2 bridgehead atoms. The van der Waals surface area contributed by atoms with E-state index in [1.165, 1.54) is 50.7 Å². The van der Waals surface area contributed by atoms with E-state index in [1.54, 1.807) is 0 Å². The predicted molar refractivity (Wildman–Crippen MR) is 211 cm³/mol. The van der Waals surface area contributed by atoms with Crippen molar-refractivity contribution in [1.82, 2.24) is 0 Å². The highest BCUT2D eigenvalue weighted by Crippen LogP contribution is 2.71. The fraction of sp³-hybridized carbons (Fsp3) is 0.652. The molecule has 8 aliphatic rings. The van der Waals surface area contributed by atoms with Crippen LogP contribution in [0.3, 0.4) is 0 Å². The number of carboxylic acids is 1. The van der Waals surface area contributed by atoms with Crippen molar-refractivity contribution in [2.24, 2.45) is 34.5 Å². The van der Waals surface area contributed by atoms with E-state index in [1.807, 2.05) is 0 Å². The van der Waals surface area contributed by atoms with Crippen molar-refractivity contribution < 1.29 is 64.3 Å². The summed E-state index contributed by atoms with van der Waals surface area (Å²) in [5.41, 5.74) is 1.69. The smallest absolute Gasteiger partial charge is 0.335 e. The molecule has 4 heterocycles. The van der Waals surface area contributed by atoms with Crippen LogP contribution in [0, 0.1) is 41.4 Å². The molecule has 6 fully saturated rings. The van der Waals surface area contributed by atoms with Crippen LogP contribution in [0.2, 0.25) is 0 Å². The average Bonchev–Trinajstić information content (AvgIpc) is 3.80. The van der Waals surface area contributed by atoms with Gasteiger partial charge in [-0.15, -0.1) is 0 Å². The van der Waals surface area contributed by atoms with Crippen LogP contribution in [0.25, 0.3) is 10.8 Å². The van der Waals surface area contributed by atoms with Crippen LogP contribution >= 0.6 is 0 Å². The summed E-state index contributed by atoms with van der Waals surface area (Å²) >= 11 is 0. The Morgan fingerprint density at radius 2 is 1.80 bits per heavy atom. The van der Waals surface area contributed by atoms with Gasteiger partial charge in [-0.05, 0) is 136 Å². The number of allylic oxidation sites excluding steroid dienone is 2. The third-order valence-electron chi connectivity index (χ3n) is 16.3. The van der Waals surface area contributed by atoms with Gasteiger partial charge in [-0.1, -0.05) is 18.9 Å². The number of aliphatic hydroxyl groups is 4. The summed E-state index contributed by atoms with van der Waals surface area (Å²) in [6.07, 6.45) is 4.60. The molecular weight excluding hydrogens is 760 g/mol. The molecule has 7 N–H and O–H groups in total. The number of carbonyl (C=O) groups is 2. The number of Topliss-reactive ketones (excluding diaryl/α,β-unsaturated/α-hetero) is 1. The van der Waals surface area contributed by atoms with E-state index in [-0.39, 0.29) is 68.9 Å². The van der Waals surface area contributed by atoms with E-state index in [0.717, 1.165) is 37.0 Å². The number of hydrogen-bond acceptors (Lipinski definition) is 12. The van der Waals surface area contributed by atoms with Crippen molar-refractivity contribution in [3.05, 3.63) is 51.6 Å². The number of hydrogen-bond donors (Lipinski definition) is 7. The zero-order chi connectivity index (χ0) is 41.3. The van der Waals surface area contributed by atoms with E-state index in [9.17, 15) is 45.3 Å². The molecular formula is C46H56O13. The van der Waals surface area contributed by atoms with Crippen molar-refractivity contribution in [2.45, 2.75) is 133 Å². The maximum absolute atomic E-state index is 12.7. The Labute approximate surface area is 342 Å². The van der Waals surface area contributed by atoms with Crippen LogP contribution in [-0.2, 0) is 14.2 Å². The van der Waals surface area contributed by atoms with Gasteiger partial charge in [0.25, 0.3) is 0 Å². The zero-order valence-corrected chi connectivity index (χ0v) is 33.7. The minimum atomic E-state index is -1.77. The summed E-state index contributed by atoms with van der Waals surface area (Å²) in [5.74, 6) is -2.40. The van der Waals surface area contributed by atoms with Crippen LogP contribution < -0.4 is 4.74 Å². The molecule has 2 spiro atoms. The lowest BCUT2D eigenvalue weighted by atomic mass is 9.42. The molecule has 0 aromatic heterocycles. The maximum Gasteiger partial charge on any atom is 0.335 e. The van der Waals surface area contributed by atoms with Gasteiger partial charge in [-0.3, -0.25) is 4.79 Å². The molecule has 2 aromatic carbocycles. The highest BCUT2D eigenvalue weighted by Gasteiger charge is 2.69. The second kappa shape index (κ2) is 14.0. The van der Waals surface area contributed by atoms with Gasteiger partial charge in [-0.25, -0.2) is 4.79 Å². The second-order valence-corrected chi connectivity index (χ2v) is 19.3. The van der Waals surface area contributed by atoms with Gasteiger partial charge in [-0.2, -0.15) is 0 Å². The van der Waals surface area contributed by atoms with Crippen molar-refractivity contribution >= 4 is 22.5 Å². The molecule has 13 nitrogen and oxygen atoms in total. The Balaban J connectivity index is 1.07. The first-order valence-corrected chi connectivity index (χ1v) is 21.7. The first kappa shape index (κ1) is 39.6. The van der Waals surface area contributed by atoms with Gasteiger partial charge >= 0.3 is 5.97 Å². The number of carbonyl (C=O) groups excluding carboxylic acids is 1. The third kappa shape index (κ3) is 5.60. The lowest BCUT2D eigenvalue weighted by Gasteiger charge is -2.64. The third-order valence-corrected chi connectivity index (χ3v) is 16.3. The monoisotopic (exact) mass is 816 g/mol. The quantitative estimate of drug-likeness (QED) is 0.141. The van der Waals surface area contributed by atoms with Crippen LogP contribution in [-0.4, -0.2) is 110 Å². The number of benzene rings is 2. The number of phenolic OH excluding ortho intramolecular Hbond substituents is 2. The van der Waals surface area contributed by atoms with Gasteiger partial charge in [0.1, 0.15) is 41.2 Å². The number of phenols is 2. The van der Waals surface area contributed by atoms with Gasteiger partial charge in [0, 0.05) is 29.6 Å². The summed E-state index contributed by atoms with van der Waals surface area (Å²) in [4.78, 5) is 25.0. The molecule has 3 saturated carbocycles. The van der Waals surface area contributed by atoms with Crippen molar-refractivity contribution in [2.75, 3.05) is 19.8 Å². The summed E-state index contributed by atoms with van der Waals surface area (Å²) in [6.45, 7) is 4.07. The minimum Gasteiger partial charge on any atom is -0.507 e. The Bertz CT molecular complexity index is 2170. The largest absolute Gasteiger partial charge is 0.507 e. The van der Waals surface area contributed by atoms with Crippen LogP contribution in [0.5, 0.6) is 17.2 Å². The van der Waals surface area contributed by atoms with Crippen LogP contribution in [0.15, 0.2) is 34.9 Å². The number of aliphatic hydroxyl groups excluding tert-OH is 4. The van der Waals surface area contributed by atoms with Crippen molar-refractivity contribution in [3.8, 4) is 17.2 Å². The second-order valence-electron chi connectivity index (χ2n) is 19.3. The Kier molecular flexibility index (Phi) is 9.38. The van der Waals surface area contributed by atoms with E-state index in [2.05, 4.69) is 6.08 Å². The average molecular weight is 817 g/mol. The van der Waals surface area contributed by atoms with Crippen LogP contribution in [0.1, 0.15) is 110 Å². The highest BCUT2D eigenvalue weighted by atomic mass is 16.7. The fourth-order valence-electron chi connectivity index (χ4n) is 14.2. The molecule has 4 aliphatic carbocycles. The van der Waals surface area contributed by atoms with E-state index in [4.69, 9.17) is 18.9 Å². The molecule has 10 rings (SSSR count). The molecule has 59 heavy (non-hydrogen) atoms. The first-order valence-electron chi connectivity index (χ1n) is 21.7. The number of aromatic carboxylic acids is 1. The molecule has 3 saturated heterocycles. The van der Waals surface area contributed by atoms with Crippen LogP contribution in [0.4, 0.5) is 0 Å². The normalized spacial score (nSPS) is 39.2. The molecule has 2 aromatic rings. The Morgan fingerprint density at radius 3 is 2.53 bits per heavy atom. The molecule has 4 aliphatic heterocycles. The first-order chi connectivity index (χ1) is 28.2. The summed E-state index contributed by atoms with van der Waals surface area (Å²) in [7, 11) is 0.